The lowest BCUT2D eigenvalue weighted by molar-refractivity contribution is -0.192. The normalized spacial score (nSPS) is 16.9. The molecule has 1 aromatic rings. The number of rotatable bonds is 5. The average molecular weight is 443 g/mol. The molecule has 10 heteroatoms. The Morgan fingerprint density at radius 1 is 1.06 bits per heavy atom. The highest BCUT2D eigenvalue weighted by molar-refractivity contribution is 5.94. The van der Waals surface area contributed by atoms with E-state index in [0.29, 0.717) is 13.0 Å². The molecule has 2 aliphatic rings. The van der Waals surface area contributed by atoms with Crippen LogP contribution in [0.15, 0.2) is 30.3 Å². The summed E-state index contributed by atoms with van der Waals surface area (Å²) in [5.74, 6) is -2.52. The number of amides is 2. The number of piperazine rings is 1. The van der Waals surface area contributed by atoms with E-state index in [1.165, 1.54) is 12.8 Å². The fourth-order valence-corrected chi connectivity index (χ4v) is 3.70. The molecule has 0 radical (unpaired) electrons. The molecule has 0 atom stereocenters. The van der Waals surface area contributed by atoms with Crippen molar-refractivity contribution in [2.24, 2.45) is 0 Å². The summed E-state index contributed by atoms with van der Waals surface area (Å²) < 4.78 is 31.7. The molecule has 0 unspecified atom stereocenters. The highest BCUT2D eigenvalue weighted by Crippen LogP contribution is 2.25. The van der Waals surface area contributed by atoms with Gasteiger partial charge in [0.25, 0.3) is 5.91 Å². The van der Waals surface area contributed by atoms with Gasteiger partial charge in [-0.25, -0.2) is 4.79 Å². The minimum atomic E-state index is -5.08. The summed E-state index contributed by atoms with van der Waals surface area (Å²) in [4.78, 5) is 38.1. The molecule has 2 N–H and O–H groups in total. The van der Waals surface area contributed by atoms with Gasteiger partial charge in [-0.1, -0.05) is 31.0 Å². The number of nitrogens with one attached hydrogen (secondary N) is 1. The molecule has 2 fully saturated rings. The van der Waals surface area contributed by atoms with Gasteiger partial charge in [0.2, 0.25) is 5.91 Å². The third kappa shape index (κ3) is 7.86. The Hall–Kier alpha value is -2.62. The topological polar surface area (TPSA) is 90.0 Å². The van der Waals surface area contributed by atoms with Crippen molar-refractivity contribution in [3.8, 4) is 0 Å². The molecule has 1 saturated heterocycles. The van der Waals surface area contributed by atoms with Gasteiger partial charge < -0.3 is 20.2 Å². The van der Waals surface area contributed by atoms with Gasteiger partial charge in [0.1, 0.15) is 0 Å². The maximum absolute atomic E-state index is 12.9. The number of aliphatic carboxylic acids is 1. The lowest BCUT2D eigenvalue weighted by Gasteiger charge is -2.31. The second kappa shape index (κ2) is 11.7. The van der Waals surface area contributed by atoms with Crippen LogP contribution < -0.4 is 5.32 Å². The van der Waals surface area contributed by atoms with Gasteiger partial charge in [-0.05, 0) is 25.0 Å². The van der Waals surface area contributed by atoms with Crippen molar-refractivity contribution < 1.29 is 32.7 Å². The third-order valence-electron chi connectivity index (χ3n) is 5.33. The number of carbonyl (C=O) groups excluding carboxylic acids is 2. The van der Waals surface area contributed by atoms with E-state index < -0.39 is 12.1 Å². The summed E-state index contributed by atoms with van der Waals surface area (Å²) in [6.07, 6.45) is -0.195. The van der Waals surface area contributed by atoms with Gasteiger partial charge in [0, 0.05) is 50.7 Å². The van der Waals surface area contributed by atoms with Crippen LogP contribution in [0.3, 0.4) is 0 Å². The summed E-state index contributed by atoms with van der Waals surface area (Å²) in [6, 6.07) is 9.72. The molecule has 3 rings (SSSR count). The van der Waals surface area contributed by atoms with Crippen molar-refractivity contribution in [3.05, 3.63) is 35.9 Å². The predicted octanol–water partition coefficient (Wildman–Crippen LogP) is 2.53. The standard InChI is InChI=1S/C19H27N3O2.C2HF3O2/c23-18(21-14-11-20-12-15-21)10-13-22(17-8-4-5-9-17)19(24)16-6-2-1-3-7-16;3-2(4,5)1(6)7/h1-3,6-7,17,20H,4-5,8-15H2;(H,6,7). The van der Waals surface area contributed by atoms with E-state index in [1.807, 2.05) is 40.1 Å². The molecule has 31 heavy (non-hydrogen) atoms. The van der Waals surface area contributed by atoms with Crippen molar-refractivity contribution in [2.75, 3.05) is 32.7 Å². The van der Waals surface area contributed by atoms with Gasteiger partial charge in [0.15, 0.2) is 0 Å². The monoisotopic (exact) mass is 443 g/mol. The van der Waals surface area contributed by atoms with Crippen LogP contribution in [-0.2, 0) is 9.59 Å². The maximum Gasteiger partial charge on any atom is 0.490 e. The second-order valence-corrected chi connectivity index (χ2v) is 7.49. The zero-order valence-electron chi connectivity index (χ0n) is 17.2. The van der Waals surface area contributed by atoms with Crippen LogP contribution in [0.2, 0.25) is 0 Å². The van der Waals surface area contributed by atoms with Gasteiger partial charge in [-0.2, -0.15) is 13.2 Å². The summed E-state index contributed by atoms with van der Waals surface area (Å²) in [5.41, 5.74) is 0.721. The van der Waals surface area contributed by atoms with Crippen LogP contribution >= 0.6 is 0 Å². The summed E-state index contributed by atoms with van der Waals surface area (Å²) in [6.45, 7) is 3.80. The lowest BCUT2D eigenvalue weighted by Crippen LogP contribution is -2.48. The van der Waals surface area contributed by atoms with E-state index in [9.17, 15) is 22.8 Å². The Kier molecular flexibility index (Phi) is 9.29. The van der Waals surface area contributed by atoms with Crippen LogP contribution in [-0.4, -0.2) is 77.6 Å². The lowest BCUT2D eigenvalue weighted by atomic mass is 10.1. The summed E-state index contributed by atoms with van der Waals surface area (Å²) >= 11 is 0. The maximum atomic E-state index is 12.9. The molecule has 172 valence electrons. The highest BCUT2D eigenvalue weighted by atomic mass is 19.4. The number of benzene rings is 1. The van der Waals surface area contributed by atoms with Gasteiger partial charge in [-0.3, -0.25) is 9.59 Å². The SMILES string of the molecule is O=C(CCN(C(=O)c1ccccc1)C1CCCC1)N1CCNCC1.O=C(O)C(F)(F)F. The van der Waals surface area contributed by atoms with Crippen molar-refractivity contribution in [1.82, 2.24) is 15.1 Å². The van der Waals surface area contributed by atoms with E-state index in [1.54, 1.807) is 0 Å². The van der Waals surface area contributed by atoms with Crippen LogP contribution in [0, 0.1) is 0 Å². The minimum absolute atomic E-state index is 0.0654. The van der Waals surface area contributed by atoms with E-state index in [4.69, 9.17) is 9.90 Å². The molecule has 0 bridgehead atoms. The van der Waals surface area contributed by atoms with Crippen LogP contribution in [0.4, 0.5) is 13.2 Å². The smallest absolute Gasteiger partial charge is 0.475 e. The summed E-state index contributed by atoms with van der Waals surface area (Å²) in [7, 11) is 0. The molecule has 1 aliphatic carbocycles. The van der Waals surface area contributed by atoms with E-state index in [-0.39, 0.29) is 17.9 Å². The quantitative estimate of drug-likeness (QED) is 0.730. The number of nitrogens with zero attached hydrogens (tertiary/aromatic N) is 2. The Morgan fingerprint density at radius 3 is 2.13 bits per heavy atom. The predicted molar refractivity (Wildman–Crippen MR) is 107 cm³/mol. The molecule has 7 nitrogen and oxygen atoms in total. The third-order valence-corrected chi connectivity index (χ3v) is 5.33. The Bertz CT molecular complexity index is 731. The molecule has 1 aliphatic heterocycles. The molecule has 1 saturated carbocycles. The number of alkyl halides is 3. The van der Waals surface area contributed by atoms with Gasteiger partial charge in [0.05, 0.1) is 0 Å². The second-order valence-electron chi connectivity index (χ2n) is 7.49. The number of carboxylic acid groups (broad SMARTS) is 1. The van der Waals surface area contributed by atoms with E-state index >= 15 is 0 Å². The first kappa shape index (κ1) is 24.6. The van der Waals surface area contributed by atoms with Crippen molar-refractivity contribution in [2.45, 2.75) is 44.3 Å². The summed E-state index contributed by atoms with van der Waals surface area (Å²) in [5, 5.41) is 10.4. The molecule has 0 spiro atoms. The number of halogens is 3. The van der Waals surface area contributed by atoms with Gasteiger partial charge in [-0.15, -0.1) is 0 Å². The van der Waals surface area contributed by atoms with Crippen LogP contribution in [0.5, 0.6) is 0 Å². The number of hydrogen-bond donors (Lipinski definition) is 2. The zero-order valence-corrected chi connectivity index (χ0v) is 17.2. The minimum Gasteiger partial charge on any atom is -0.475 e. The zero-order chi connectivity index (χ0) is 22.9. The highest BCUT2D eigenvalue weighted by Gasteiger charge is 2.38. The Balaban J connectivity index is 0.000000423. The van der Waals surface area contributed by atoms with E-state index in [0.717, 1.165) is 44.6 Å². The molecular formula is C21H28F3N3O4. The Morgan fingerprint density at radius 2 is 1.61 bits per heavy atom. The van der Waals surface area contributed by atoms with Crippen molar-refractivity contribution >= 4 is 17.8 Å². The number of carbonyl (C=O) groups is 3. The fraction of sp³-hybridized carbons (Fsp3) is 0.571. The van der Waals surface area contributed by atoms with Crippen LogP contribution in [0.1, 0.15) is 42.5 Å². The fourth-order valence-electron chi connectivity index (χ4n) is 3.70. The van der Waals surface area contributed by atoms with E-state index in [2.05, 4.69) is 5.32 Å². The largest absolute Gasteiger partial charge is 0.490 e. The molecular weight excluding hydrogens is 415 g/mol. The first-order chi connectivity index (χ1) is 14.7. The molecule has 0 aromatic heterocycles. The van der Waals surface area contributed by atoms with Crippen molar-refractivity contribution in [3.63, 3.8) is 0 Å². The van der Waals surface area contributed by atoms with Crippen molar-refractivity contribution in [1.29, 1.82) is 0 Å². The molecule has 2 amide bonds. The number of carboxylic acids is 1. The first-order valence-corrected chi connectivity index (χ1v) is 10.3. The molecule has 1 aromatic carbocycles. The average Bonchev–Trinajstić information content (AvgIpc) is 3.29. The first-order valence-electron chi connectivity index (χ1n) is 10.3. The molecule has 1 heterocycles. The van der Waals surface area contributed by atoms with Crippen LogP contribution in [0.25, 0.3) is 0 Å². The van der Waals surface area contributed by atoms with Gasteiger partial charge >= 0.3 is 12.1 Å². The Labute approximate surface area is 179 Å². The number of hydrogen-bond acceptors (Lipinski definition) is 4.